The van der Waals surface area contributed by atoms with Crippen molar-refractivity contribution in [3.63, 3.8) is 0 Å². The van der Waals surface area contributed by atoms with Gasteiger partial charge in [0.15, 0.2) is 5.65 Å². The van der Waals surface area contributed by atoms with E-state index in [4.69, 9.17) is 0 Å². The molecule has 0 aromatic carbocycles. The van der Waals surface area contributed by atoms with E-state index in [9.17, 15) is 13.2 Å². The maximum Gasteiger partial charge on any atom is 0.267 e. The minimum absolute atomic E-state index is 0. The zero-order valence-corrected chi connectivity index (χ0v) is 15.7. The summed E-state index contributed by atoms with van der Waals surface area (Å²) in [5, 5.41) is 7.20. The minimum atomic E-state index is -2.73. The van der Waals surface area contributed by atoms with Crippen molar-refractivity contribution in [2.24, 2.45) is 5.92 Å². The number of anilines is 1. The largest absolute Gasteiger partial charge is 0.348 e. The van der Waals surface area contributed by atoms with Crippen LogP contribution in [0.1, 0.15) is 51.4 Å². The van der Waals surface area contributed by atoms with Crippen molar-refractivity contribution >= 4 is 17.2 Å². The maximum atomic E-state index is 13.9. The van der Waals surface area contributed by atoms with Gasteiger partial charge in [0.2, 0.25) is 5.95 Å². The summed E-state index contributed by atoms with van der Waals surface area (Å²) in [5.41, 5.74) is 3.99. The van der Waals surface area contributed by atoms with Crippen LogP contribution in [0.25, 0.3) is 11.2 Å². The number of nitrogens with one attached hydrogen (secondary N) is 1. The van der Waals surface area contributed by atoms with Gasteiger partial charge in [-0.15, -0.1) is 0 Å². The van der Waals surface area contributed by atoms with Gasteiger partial charge in [-0.2, -0.15) is 5.10 Å². The molecule has 6 nitrogen and oxygen atoms in total. The third kappa shape index (κ3) is 3.24. The van der Waals surface area contributed by atoms with Crippen LogP contribution in [-0.4, -0.2) is 37.0 Å². The Labute approximate surface area is 167 Å². The lowest BCUT2D eigenvalue weighted by atomic mass is 10.1. The highest BCUT2D eigenvalue weighted by molar-refractivity contribution is 5.82. The van der Waals surface area contributed by atoms with Crippen LogP contribution in [0.3, 0.4) is 0 Å². The Morgan fingerprint density at radius 1 is 1.28 bits per heavy atom. The molecule has 0 spiro atoms. The molecule has 1 fully saturated rings. The number of halogens is 3. The predicted molar refractivity (Wildman–Crippen MR) is 106 cm³/mol. The van der Waals surface area contributed by atoms with Crippen molar-refractivity contribution in [1.82, 2.24) is 24.6 Å². The fourth-order valence-corrected chi connectivity index (χ4v) is 3.59. The van der Waals surface area contributed by atoms with Crippen LogP contribution in [0.15, 0.2) is 30.6 Å². The molecule has 0 bridgehead atoms. The van der Waals surface area contributed by atoms with Crippen molar-refractivity contribution in [3.8, 4) is 0 Å². The maximum absolute atomic E-state index is 13.9. The van der Waals surface area contributed by atoms with Gasteiger partial charge in [0.05, 0.1) is 29.8 Å². The van der Waals surface area contributed by atoms with Gasteiger partial charge < -0.3 is 5.32 Å². The second-order valence-corrected chi connectivity index (χ2v) is 7.55. The topological polar surface area (TPSA) is 68.0 Å². The molecular formula is C20H23F3N6. The number of rotatable bonds is 6. The summed E-state index contributed by atoms with van der Waals surface area (Å²) in [5.74, 6) is -3.06. The van der Waals surface area contributed by atoms with Crippen molar-refractivity contribution in [1.29, 1.82) is 0 Å². The van der Waals surface area contributed by atoms with Gasteiger partial charge >= 0.3 is 0 Å². The van der Waals surface area contributed by atoms with Gasteiger partial charge in [0.1, 0.15) is 6.17 Å². The third-order valence-corrected chi connectivity index (χ3v) is 5.39. The van der Waals surface area contributed by atoms with E-state index in [-0.39, 0.29) is 8.80 Å². The van der Waals surface area contributed by atoms with Gasteiger partial charge in [-0.3, -0.25) is 0 Å². The summed E-state index contributed by atoms with van der Waals surface area (Å²) in [7, 11) is 0. The van der Waals surface area contributed by atoms with E-state index in [1.807, 2.05) is 12.1 Å². The molecule has 3 heterocycles. The Hall–Kier alpha value is -2.97. The lowest BCUT2D eigenvalue weighted by Crippen LogP contribution is -2.30. The summed E-state index contributed by atoms with van der Waals surface area (Å²) in [6.45, 7) is 0.983. The summed E-state index contributed by atoms with van der Waals surface area (Å²) >= 11 is 0. The zero-order valence-electron chi connectivity index (χ0n) is 15.7. The second-order valence-electron chi connectivity index (χ2n) is 7.55. The van der Waals surface area contributed by atoms with Crippen LogP contribution in [0, 0.1) is 5.92 Å². The fourth-order valence-electron chi connectivity index (χ4n) is 3.59. The number of fused-ring (bicyclic) bond motifs is 2. The molecule has 1 atom stereocenters. The highest BCUT2D eigenvalue weighted by atomic mass is 19.3. The summed E-state index contributed by atoms with van der Waals surface area (Å²) in [6.07, 6.45) is 5.57. The predicted octanol–water partition coefficient (Wildman–Crippen LogP) is 4.49. The molecule has 5 rings (SSSR count). The van der Waals surface area contributed by atoms with E-state index < -0.39 is 24.6 Å². The molecule has 1 N–H and O–H groups in total. The van der Waals surface area contributed by atoms with Crippen LogP contribution < -0.4 is 5.32 Å². The van der Waals surface area contributed by atoms with E-state index in [1.54, 1.807) is 12.3 Å². The van der Waals surface area contributed by atoms with Crippen LogP contribution in [0.2, 0.25) is 0 Å². The van der Waals surface area contributed by atoms with Crippen molar-refractivity contribution in [3.05, 3.63) is 53.2 Å². The molecule has 29 heavy (non-hydrogen) atoms. The van der Waals surface area contributed by atoms with Gasteiger partial charge in [0.25, 0.3) is 5.92 Å². The van der Waals surface area contributed by atoms with Crippen molar-refractivity contribution in [2.75, 3.05) is 11.9 Å². The number of allylic oxidation sites excluding steroid dienone is 1. The van der Waals surface area contributed by atoms with E-state index in [1.165, 1.54) is 17.6 Å². The highest BCUT2D eigenvalue weighted by Crippen LogP contribution is 2.43. The van der Waals surface area contributed by atoms with Crippen LogP contribution in [-0.2, 0) is 6.42 Å². The lowest BCUT2D eigenvalue weighted by molar-refractivity contribution is -0.00832. The highest BCUT2D eigenvalue weighted by Gasteiger charge is 2.46. The van der Waals surface area contributed by atoms with Crippen LogP contribution >= 0.6 is 0 Å². The lowest BCUT2D eigenvalue weighted by Gasteiger charge is -2.16. The molecule has 0 amide bonds. The molecule has 154 valence electrons. The van der Waals surface area contributed by atoms with Gasteiger partial charge in [-0.25, -0.2) is 32.6 Å². The van der Waals surface area contributed by atoms with E-state index in [0.29, 0.717) is 36.3 Å². The molecule has 0 radical (unpaired) electrons. The molecule has 1 unspecified atom stereocenters. The number of imidazole rings is 1. The van der Waals surface area contributed by atoms with E-state index in [2.05, 4.69) is 25.4 Å². The molecule has 2 aliphatic carbocycles. The summed E-state index contributed by atoms with van der Waals surface area (Å²) < 4.78 is 43.0. The normalized spacial score (nSPS) is 17.3. The standard InChI is InChI=1S/C20H19F3N6.2H2/c1-11(21)17-9-24-18-7-6-16(28-29(17)18)13-4-5-15-14(13)8-25-19(27-15)26-10-20(22,23)12-2-3-12;;/h4,6-9,11-12H,2-3,5,10H2,1H3,(H,25,26,27);2*1H. The monoisotopic (exact) mass is 404 g/mol. The van der Waals surface area contributed by atoms with Crippen LogP contribution in [0.4, 0.5) is 19.1 Å². The average molecular weight is 404 g/mol. The molecule has 3 aromatic heterocycles. The number of nitrogens with zero attached hydrogens (tertiary/aromatic N) is 5. The van der Waals surface area contributed by atoms with Crippen LogP contribution in [0.5, 0.6) is 0 Å². The Morgan fingerprint density at radius 3 is 2.86 bits per heavy atom. The summed E-state index contributed by atoms with van der Waals surface area (Å²) in [4.78, 5) is 12.8. The molecule has 1 saturated carbocycles. The van der Waals surface area contributed by atoms with Gasteiger partial charge in [-0.05, 0) is 31.9 Å². The molecular weight excluding hydrogens is 381 g/mol. The van der Waals surface area contributed by atoms with Crippen molar-refractivity contribution in [2.45, 2.75) is 38.3 Å². The van der Waals surface area contributed by atoms with Gasteiger partial charge in [-0.1, -0.05) is 6.08 Å². The number of aromatic nitrogens is 5. The molecule has 0 aliphatic heterocycles. The fraction of sp³-hybridized carbons (Fsp3) is 0.400. The third-order valence-electron chi connectivity index (χ3n) is 5.39. The average Bonchev–Trinajstić information content (AvgIpc) is 3.36. The summed E-state index contributed by atoms with van der Waals surface area (Å²) in [6, 6.07) is 3.60. The number of hydrogen-bond acceptors (Lipinski definition) is 5. The minimum Gasteiger partial charge on any atom is -0.348 e. The molecule has 9 heteroatoms. The SMILES string of the molecule is CC(F)c1cnc2ccc(C3=CCc4nc(NCC(F)(F)C5CC5)ncc43)nn12.[HH].[HH]. The Bertz CT molecular complexity index is 1130. The van der Waals surface area contributed by atoms with Crippen molar-refractivity contribution < 1.29 is 16.0 Å². The Balaban J connectivity index is 0.00000136. The Kier molecular flexibility index (Phi) is 4.07. The second kappa shape index (κ2) is 6.53. The number of alkyl halides is 3. The number of hydrogen-bond donors (Lipinski definition) is 1. The first-order valence-corrected chi connectivity index (χ1v) is 9.59. The van der Waals surface area contributed by atoms with E-state index >= 15 is 0 Å². The quantitative estimate of drug-likeness (QED) is 0.656. The first kappa shape index (κ1) is 18.1. The molecule has 2 aliphatic rings. The smallest absolute Gasteiger partial charge is 0.267 e. The van der Waals surface area contributed by atoms with Gasteiger partial charge in [0, 0.05) is 32.5 Å². The zero-order chi connectivity index (χ0) is 20.2. The van der Waals surface area contributed by atoms with E-state index in [0.717, 1.165) is 16.8 Å². The Morgan fingerprint density at radius 2 is 2.10 bits per heavy atom. The molecule has 3 aromatic rings. The molecule has 0 saturated heterocycles. The first-order valence-electron chi connectivity index (χ1n) is 9.59. The first-order chi connectivity index (χ1) is 13.9.